The number of hydrogen-bond donors (Lipinski definition) is 1. The number of carbonyl (C=O) groups excluding carboxylic acids is 2. The first kappa shape index (κ1) is 23.7. The molecule has 1 rings (SSSR count). The summed E-state index contributed by atoms with van der Waals surface area (Å²) in [7, 11) is 0.341. The maximum absolute atomic E-state index is 12.4. The Bertz CT molecular complexity index is 780. The zero-order chi connectivity index (χ0) is 21.3. The number of benzene rings is 1. The number of carbonyl (C=O) groups is 2. The summed E-state index contributed by atoms with van der Waals surface area (Å²) < 4.78 is 42.1. The fourth-order valence-electron chi connectivity index (χ4n) is 2.53. The first-order valence-corrected chi connectivity index (χ1v) is 10.3. The van der Waals surface area contributed by atoms with Crippen molar-refractivity contribution in [3.05, 3.63) is 18.2 Å². The van der Waals surface area contributed by atoms with Crippen LogP contribution in [-0.4, -0.2) is 66.2 Å². The van der Waals surface area contributed by atoms with Crippen LogP contribution in [0.5, 0.6) is 11.5 Å². The Morgan fingerprint density at radius 3 is 2.32 bits per heavy atom. The van der Waals surface area contributed by atoms with Crippen LogP contribution in [0.1, 0.15) is 20.3 Å². The summed E-state index contributed by atoms with van der Waals surface area (Å²) in [6, 6.07) is 4.23. The van der Waals surface area contributed by atoms with Crippen LogP contribution < -0.4 is 14.2 Å². The average molecular weight is 416 g/mol. The van der Waals surface area contributed by atoms with Crippen LogP contribution >= 0.6 is 0 Å². The average Bonchev–Trinajstić information content (AvgIpc) is 2.69. The standard InChI is InChI=1S/C18H28N2O7S/c1-6-20(12-13(2)18(22)27-5)17(21)9-10-19-28(23,24)14-7-8-15(25-3)16(11-14)26-4/h7-8,11,13,19H,6,9-10,12H2,1-5H3. The molecule has 1 unspecified atom stereocenters. The third-order valence-corrected chi connectivity index (χ3v) is 5.59. The predicted molar refractivity (Wildman–Crippen MR) is 103 cm³/mol. The van der Waals surface area contributed by atoms with E-state index < -0.39 is 21.9 Å². The molecule has 0 aromatic heterocycles. The largest absolute Gasteiger partial charge is 0.493 e. The molecule has 9 nitrogen and oxygen atoms in total. The van der Waals surface area contributed by atoms with E-state index in [1.165, 1.54) is 44.4 Å². The first-order valence-electron chi connectivity index (χ1n) is 8.77. The minimum absolute atomic E-state index is 0.00394. The molecular weight excluding hydrogens is 388 g/mol. The third-order valence-electron chi connectivity index (χ3n) is 4.13. The van der Waals surface area contributed by atoms with E-state index in [9.17, 15) is 18.0 Å². The van der Waals surface area contributed by atoms with Crippen molar-refractivity contribution in [2.75, 3.05) is 41.0 Å². The minimum Gasteiger partial charge on any atom is -0.493 e. The zero-order valence-electron chi connectivity index (χ0n) is 16.9. The van der Waals surface area contributed by atoms with Crippen molar-refractivity contribution in [3.8, 4) is 11.5 Å². The van der Waals surface area contributed by atoms with Gasteiger partial charge in [0.15, 0.2) is 11.5 Å². The lowest BCUT2D eigenvalue weighted by Crippen LogP contribution is -2.38. The number of esters is 1. The van der Waals surface area contributed by atoms with Crippen LogP contribution in [0, 0.1) is 5.92 Å². The lowest BCUT2D eigenvalue weighted by Gasteiger charge is -2.23. The highest BCUT2D eigenvalue weighted by molar-refractivity contribution is 7.89. The Morgan fingerprint density at radius 2 is 1.79 bits per heavy atom. The number of amides is 1. The quantitative estimate of drug-likeness (QED) is 0.536. The fraction of sp³-hybridized carbons (Fsp3) is 0.556. The second kappa shape index (κ2) is 10.9. The van der Waals surface area contributed by atoms with E-state index >= 15 is 0 Å². The van der Waals surface area contributed by atoms with Gasteiger partial charge in [-0.2, -0.15) is 0 Å². The second-order valence-electron chi connectivity index (χ2n) is 6.02. The van der Waals surface area contributed by atoms with E-state index in [2.05, 4.69) is 9.46 Å². The maximum atomic E-state index is 12.4. The number of ether oxygens (including phenoxy) is 3. The van der Waals surface area contributed by atoms with Gasteiger partial charge in [-0.25, -0.2) is 13.1 Å². The third kappa shape index (κ3) is 6.38. The molecule has 0 saturated heterocycles. The molecule has 1 atom stereocenters. The SMILES string of the molecule is CCN(CC(C)C(=O)OC)C(=O)CCNS(=O)(=O)c1ccc(OC)c(OC)c1. The Labute approximate surface area is 166 Å². The van der Waals surface area contributed by atoms with Crippen molar-refractivity contribution < 1.29 is 32.2 Å². The maximum Gasteiger partial charge on any atom is 0.310 e. The predicted octanol–water partition coefficient (Wildman–Crippen LogP) is 1.03. The number of nitrogens with one attached hydrogen (secondary N) is 1. The summed E-state index contributed by atoms with van der Waals surface area (Å²) in [6.07, 6.45) is -0.0335. The molecular formula is C18H28N2O7S. The van der Waals surface area contributed by atoms with Crippen LogP contribution in [0.3, 0.4) is 0 Å². The molecule has 1 aromatic carbocycles. The van der Waals surface area contributed by atoms with E-state index in [-0.39, 0.29) is 36.1 Å². The van der Waals surface area contributed by atoms with E-state index in [0.717, 1.165) is 0 Å². The lowest BCUT2D eigenvalue weighted by atomic mass is 10.1. The van der Waals surface area contributed by atoms with Crippen LogP contribution in [0.4, 0.5) is 0 Å². The molecule has 158 valence electrons. The van der Waals surface area contributed by atoms with Crippen LogP contribution in [-0.2, 0) is 24.3 Å². The molecule has 28 heavy (non-hydrogen) atoms. The molecule has 1 aromatic rings. The van der Waals surface area contributed by atoms with Gasteiger partial charge < -0.3 is 19.1 Å². The number of sulfonamides is 1. The van der Waals surface area contributed by atoms with Gasteiger partial charge in [-0.15, -0.1) is 0 Å². The highest BCUT2D eigenvalue weighted by Gasteiger charge is 2.21. The molecule has 0 aliphatic carbocycles. The topological polar surface area (TPSA) is 111 Å². The molecule has 0 aliphatic heterocycles. The molecule has 0 fully saturated rings. The van der Waals surface area contributed by atoms with Crippen molar-refractivity contribution in [1.82, 2.24) is 9.62 Å². The summed E-state index contributed by atoms with van der Waals surface area (Å²) in [6.45, 7) is 4.00. The molecule has 0 saturated carbocycles. The smallest absolute Gasteiger partial charge is 0.310 e. The van der Waals surface area contributed by atoms with Gasteiger partial charge in [0.05, 0.1) is 32.1 Å². The van der Waals surface area contributed by atoms with Gasteiger partial charge in [0.2, 0.25) is 15.9 Å². The highest BCUT2D eigenvalue weighted by Crippen LogP contribution is 2.29. The summed E-state index contributed by atoms with van der Waals surface area (Å²) >= 11 is 0. The van der Waals surface area contributed by atoms with Crippen LogP contribution in [0.15, 0.2) is 23.1 Å². The van der Waals surface area contributed by atoms with Crippen molar-refractivity contribution in [3.63, 3.8) is 0 Å². The van der Waals surface area contributed by atoms with Gasteiger partial charge in [0, 0.05) is 32.1 Å². The number of rotatable bonds is 11. The summed E-state index contributed by atoms with van der Waals surface area (Å²) in [4.78, 5) is 25.3. The lowest BCUT2D eigenvalue weighted by molar-refractivity contribution is -0.146. The Morgan fingerprint density at radius 1 is 1.14 bits per heavy atom. The molecule has 0 aliphatic rings. The molecule has 10 heteroatoms. The van der Waals surface area contributed by atoms with Crippen LogP contribution in [0.25, 0.3) is 0 Å². The number of nitrogens with zero attached hydrogens (tertiary/aromatic N) is 1. The second-order valence-corrected chi connectivity index (χ2v) is 7.79. The van der Waals surface area contributed by atoms with Crippen molar-refractivity contribution in [2.24, 2.45) is 5.92 Å². The molecule has 1 amide bonds. The summed E-state index contributed by atoms with van der Waals surface area (Å²) in [5, 5.41) is 0. The van der Waals surface area contributed by atoms with Gasteiger partial charge >= 0.3 is 5.97 Å². The highest BCUT2D eigenvalue weighted by atomic mass is 32.2. The van der Waals surface area contributed by atoms with E-state index in [0.29, 0.717) is 12.3 Å². The molecule has 0 spiro atoms. The summed E-state index contributed by atoms with van der Waals surface area (Å²) in [5.41, 5.74) is 0. The van der Waals surface area contributed by atoms with Gasteiger partial charge in [0.25, 0.3) is 0 Å². The molecule has 0 bridgehead atoms. The van der Waals surface area contributed by atoms with Gasteiger partial charge in [-0.1, -0.05) is 6.92 Å². The Hall–Kier alpha value is -2.33. The van der Waals surface area contributed by atoms with Gasteiger partial charge in [-0.05, 0) is 19.1 Å². The fourth-order valence-corrected chi connectivity index (χ4v) is 3.58. The zero-order valence-corrected chi connectivity index (χ0v) is 17.7. The monoisotopic (exact) mass is 416 g/mol. The Balaban J connectivity index is 2.70. The van der Waals surface area contributed by atoms with Gasteiger partial charge in [0.1, 0.15) is 0 Å². The molecule has 0 radical (unpaired) electrons. The van der Waals surface area contributed by atoms with Crippen molar-refractivity contribution in [2.45, 2.75) is 25.2 Å². The van der Waals surface area contributed by atoms with E-state index in [1.807, 2.05) is 0 Å². The minimum atomic E-state index is -3.82. The van der Waals surface area contributed by atoms with E-state index in [1.54, 1.807) is 13.8 Å². The van der Waals surface area contributed by atoms with Crippen molar-refractivity contribution >= 4 is 21.9 Å². The molecule has 1 N–H and O–H groups in total. The number of methoxy groups -OCH3 is 3. The first-order chi connectivity index (χ1) is 13.2. The molecule has 0 heterocycles. The van der Waals surface area contributed by atoms with Crippen LogP contribution in [0.2, 0.25) is 0 Å². The Kier molecular flexibility index (Phi) is 9.20. The normalized spacial score (nSPS) is 12.2. The van der Waals surface area contributed by atoms with Gasteiger partial charge in [-0.3, -0.25) is 9.59 Å². The van der Waals surface area contributed by atoms with Crippen molar-refractivity contribution in [1.29, 1.82) is 0 Å². The summed E-state index contributed by atoms with van der Waals surface area (Å²) in [5.74, 6) is -0.420. The van der Waals surface area contributed by atoms with E-state index in [4.69, 9.17) is 9.47 Å². The number of hydrogen-bond acceptors (Lipinski definition) is 7.